The normalized spacial score (nSPS) is 12.0. The van der Waals surface area contributed by atoms with Gasteiger partial charge >= 0.3 is 0 Å². The van der Waals surface area contributed by atoms with Gasteiger partial charge in [0.15, 0.2) is 0 Å². The number of ether oxygens (including phenoxy) is 1. The molecule has 0 aromatic heterocycles. The fourth-order valence-electron chi connectivity index (χ4n) is 2.69. The Kier molecular flexibility index (Phi) is 6.42. The molecule has 0 aliphatic carbocycles. The van der Waals surface area contributed by atoms with Gasteiger partial charge in [-0.3, -0.25) is 4.79 Å². The third-order valence-corrected chi connectivity index (χ3v) is 4.30. The number of carbonyl (C=O) groups is 1. The number of aromatic hydroxyl groups is 1. The molecule has 2 aromatic rings. The number of phenolic OH excluding ortho intramolecular Hbond substituents is 1. The quantitative estimate of drug-likeness (QED) is 0.812. The lowest BCUT2D eigenvalue weighted by Gasteiger charge is -2.25. The van der Waals surface area contributed by atoms with Crippen LogP contribution < -0.4 is 10.1 Å². The highest BCUT2D eigenvalue weighted by Crippen LogP contribution is 2.24. The van der Waals surface area contributed by atoms with Crippen LogP contribution in [0, 0.1) is 0 Å². The second kappa shape index (κ2) is 8.53. The minimum absolute atomic E-state index is 0.0512. The van der Waals surface area contributed by atoms with E-state index in [0.29, 0.717) is 12.3 Å². The summed E-state index contributed by atoms with van der Waals surface area (Å²) in [4.78, 5) is 14.5. The Morgan fingerprint density at radius 2 is 1.88 bits per heavy atom. The van der Waals surface area contributed by atoms with Crippen molar-refractivity contribution in [2.45, 2.75) is 19.4 Å². The second-order valence-electron chi connectivity index (χ2n) is 6.17. The van der Waals surface area contributed by atoms with Crippen molar-refractivity contribution in [2.75, 3.05) is 27.7 Å². The zero-order valence-corrected chi connectivity index (χ0v) is 15.2. The number of likely N-dealkylation sites (N-methyl/N-ethyl adjacent to an activating group) is 1. The summed E-state index contributed by atoms with van der Waals surface area (Å²) in [7, 11) is 5.48. The molecule has 0 bridgehead atoms. The number of benzene rings is 2. The maximum atomic E-state index is 12.4. The Hall–Kier alpha value is -2.53. The van der Waals surface area contributed by atoms with Crippen LogP contribution in [-0.2, 0) is 6.42 Å². The molecule has 1 unspecified atom stereocenters. The molecule has 5 heteroatoms. The fourth-order valence-corrected chi connectivity index (χ4v) is 2.69. The van der Waals surface area contributed by atoms with E-state index in [1.54, 1.807) is 12.1 Å². The van der Waals surface area contributed by atoms with Crippen LogP contribution in [0.2, 0.25) is 0 Å². The first kappa shape index (κ1) is 18.8. The molecule has 1 amide bonds. The summed E-state index contributed by atoms with van der Waals surface area (Å²) in [5, 5.41) is 12.9. The van der Waals surface area contributed by atoms with E-state index in [1.807, 2.05) is 14.1 Å². The van der Waals surface area contributed by atoms with Crippen LogP contribution in [0.1, 0.15) is 34.5 Å². The first-order valence-corrected chi connectivity index (χ1v) is 8.36. The van der Waals surface area contributed by atoms with E-state index < -0.39 is 0 Å². The summed E-state index contributed by atoms with van der Waals surface area (Å²) in [5.74, 6) is 0.110. The van der Waals surface area contributed by atoms with Gasteiger partial charge in [-0.15, -0.1) is 0 Å². The molecule has 0 saturated heterocycles. The van der Waals surface area contributed by atoms with E-state index in [4.69, 9.17) is 4.74 Å². The van der Waals surface area contributed by atoms with Gasteiger partial charge in [-0.1, -0.05) is 31.2 Å². The molecule has 134 valence electrons. The molecule has 0 radical (unpaired) electrons. The summed E-state index contributed by atoms with van der Waals surface area (Å²) in [6.07, 6.45) is 1.00. The Labute approximate surface area is 149 Å². The number of phenols is 1. The van der Waals surface area contributed by atoms with Crippen molar-refractivity contribution in [1.29, 1.82) is 0 Å². The molecule has 0 saturated carbocycles. The Morgan fingerprint density at radius 3 is 2.40 bits per heavy atom. The van der Waals surface area contributed by atoms with Gasteiger partial charge in [-0.2, -0.15) is 0 Å². The van der Waals surface area contributed by atoms with Gasteiger partial charge in [-0.25, -0.2) is 0 Å². The molecule has 2 rings (SSSR count). The van der Waals surface area contributed by atoms with Gasteiger partial charge < -0.3 is 20.1 Å². The molecule has 1 atom stereocenters. The minimum atomic E-state index is -0.308. The van der Waals surface area contributed by atoms with Gasteiger partial charge in [0, 0.05) is 12.6 Å². The molecule has 5 nitrogen and oxygen atoms in total. The molecule has 0 spiro atoms. The van der Waals surface area contributed by atoms with E-state index in [0.717, 1.165) is 12.0 Å². The predicted molar refractivity (Wildman–Crippen MR) is 99.2 cm³/mol. The smallest absolute Gasteiger partial charge is 0.255 e. The molecule has 25 heavy (non-hydrogen) atoms. The third-order valence-electron chi connectivity index (χ3n) is 4.30. The van der Waals surface area contributed by atoms with Crippen LogP contribution >= 0.6 is 0 Å². The van der Waals surface area contributed by atoms with Gasteiger partial charge in [0.25, 0.3) is 5.91 Å². The van der Waals surface area contributed by atoms with Crippen LogP contribution in [-0.4, -0.2) is 43.7 Å². The predicted octanol–water partition coefficient (Wildman–Crippen LogP) is 3.00. The number of rotatable bonds is 7. The number of hydrogen-bond acceptors (Lipinski definition) is 4. The first-order chi connectivity index (χ1) is 12.0. The van der Waals surface area contributed by atoms with E-state index in [1.165, 1.54) is 18.7 Å². The summed E-state index contributed by atoms with van der Waals surface area (Å²) in [6.45, 7) is 2.57. The average Bonchev–Trinajstić information content (AvgIpc) is 2.61. The Morgan fingerprint density at radius 1 is 1.20 bits per heavy atom. The summed E-state index contributed by atoms with van der Waals surface area (Å²) >= 11 is 0. The van der Waals surface area contributed by atoms with Crippen molar-refractivity contribution >= 4 is 5.91 Å². The average molecular weight is 342 g/mol. The SMILES string of the molecule is CCc1ccc(C(CNC(=O)c2ccc(OC)cc2O)N(C)C)cc1. The van der Waals surface area contributed by atoms with Crippen LogP contribution in [0.25, 0.3) is 0 Å². The third kappa shape index (κ3) is 4.73. The maximum absolute atomic E-state index is 12.4. The highest BCUT2D eigenvalue weighted by atomic mass is 16.5. The maximum Gasteiger partial charge on any atom is 0.255 e. The number of amides is 1. The first-order valence-electron chi connectivity index (χ1n) is 8.36. The van der Waals surface area contributed by atoms with Crippen molar-refractivity contribution in [3.63, 3.8) is 0 Å². The molecule has 0 heterocycles. The highest BCUT2D eigenvalue weighted by Gasteiger charge is 2.17. The van der Waals surface area contributed by atoms with Crippen LogP contribution in [0.5, 0.6) is 11.5 Å². The van der Waals surface area contributed by atoms with Crippen molar-refractivity contribution in [2.24, 2.45) is 0 Å². The summed E-state index contributed by atoms with van der Waals surface area (Å²) < 4.78 is 5.04. The monoisotopic (exact) mass is 342 g/mol. The molecule has 2 N–H and O–H groups in total. The van der Waals surface area contributed by atoms with Crippen molar-refractivity contribution < 1.29 is 14.6 Å². The molecular formula is C20H26N2O3. The minimum Gasteiger partial charge on any atom is -0.507 e. The topological polar surface area (TPSA) is 61.8 Å². The summed E-state index contributed by atoms with van der Waals surface area (Å²) in [5.41, 5.74) is 2.66. The van der Waals surface area contributed by atoms with Crippen molar-refractivity contribution in [3.05, 3.63) is 59.2 Å². The van der Waals surface area contributed by atoms with Crippen LogP contribution in [0.3, 0.4) is 0 Å². The van der Waals surface area contributed by atoms with Crippen molar-refractivity contribution in [1.82, 2.24) is 10.2 Å². The lowest BCUT2D eigenvalue weighted by molar-refractivity contribution is 0.0939. The molecule has 0 aliphatic heterocycles. The van der Waals surface area contributed by atoms with Gasteiger partial charge in [-0.05, 0) is 43.8 Å². The number of aryl methyl sites for hydroxylation is 1. The van der Waals surface area contributed by atoms with E-state index >= 15 is 0 Å². The largest absolute Gasteiger partial charge is 0.507 e. The standard InChI is InChI=1S/C20H26N2O3/c1-5-14-6-8-15(9-7-14)18(22(2)3)13-21-20(24)17-11-10-16(25-4)12-19(17)23/h6-12,18,23H,5,13H2,1-4H3,(H,21,24). The van der Waals surface area contributed by atoms with Gasteiger partial charge in [0.05, 0.1) is 18.7 Å². The number of hydrogen-bond donors (Lipinski definition) is 2. The van der Waals surface area contributed by atoms with E-state index in [-0.39, 0.29) is 23.3 Å². The highest BCUT2D eigenvalue weighted by molar-refractivity contribution is 5.97. The number of methoxy groups -OCH3 is 1. The van der Waals surface area contributed by atoms with Crippen LogP contribution in [0.15, 0.2) is 42.5 Å². The number of nitrogens with one attached hydrogen (secondary N) is 1. The fraction of sp³-hybridized carbons (Fsp3) is 0.350. The van der Waals surface area contributed by atoms with Gasteiger partial charge in [0.2, 0.25) is 0 Å². The summed E-state index contributed by atoms with van der Waals surface area (Å²) in [6, 6.07) is 13.1. The molecule has 0 fully saturated rings. The lowest BCUT2D eigenvalue weighted by atomic mass is 10.0. The zero-order chi connectivity index (χ0) is 18.4. The lowest BCUT2D eigenvalue weighted by Crippen LogP contribution is -2.34. The van der Waals surface area contributed by atoms with Gasteiger partial charge in [0.1, 0.15) is 11.5 Å². The van der Waals surface area contributed by atoms with Crippen LogP contribution in [0.4, 0.5) is 0 Å². The molecular weight excluding hydrogens is 316 g/mol. The van der Waals surface area contributed by atoms with E-state index in [2.05, 4.69) is 41.4 Å². The molecule has 0 aliphatic rings. The number of nitrogens with zero attached hydrogens (tertiary/aromatic N) is 1. The number of carbonyl (C=O) groups excluding carboxylic acids is 1. The molecule has 2 aromatic carbocycles. The Bertz CT molecular complexity index is 711. The second-order valence-corrected chi connectivity index (χ2v) is 6.17. The Balaban J connectivity index is 2.08. The van der Waals surface area contributed by atoms with Crippen molar-refractivity contribution in [3.8, 4) is 11.5 Å². The van der Waals surface area contributed by atoms with E-state index in [9.17, 15) is 9.90 Å². The zero-order valence-electron chi connectivity index (χ0n) is 15.2.